The Morgan fingerprint density at radius 3 is 2.12 bits per heavy atom. The molecule has 0 heterocycles. The highest BCUT2D eigenvalue weighted by molar-refractivity contribution is 5.93. The molecule has 1 saturated carbocycles. The lowest BCUT2D eigenvalue weighted by Crippen LogP contribution is -2.52. The predicted molar refractivity (Wildman–Crippen MR) is 158 cm³/mol. The molecule has 0 bridgehead atoms. The summed E-state index contributed by atoms with van der Waals surface area (Å²) in [5.74, 6) is -1.93. The highest BCUT2D eigenvalue weighted by Crippen LogP contribution is 2.38. The van der Waals surface area contributed by atoms with E-state index < -0.39 is 53.7 Å². The van der Waals surface area contributed by atoms with E-state index in [9.17, 15) is 24.3 Å². The van der Waals surface area contributed by atoms with Crippen molar-refractivity contribution >= 4 is 23.9 Å². The Labute approximate surface area is 247 Å². The number of carbonyl (C=O) groups excluding carboxylic acids is 4. The molecular weight excluding hydrogens is 538 g/mol. The average molecular weight is 582 g/mol. The maximum atomic E-state index is 14.1. The van der Waals surface area contributed by atoms with E-state index in [-0.39, 0.29) is 23.8 Å². The van der Waals surface area contributed by atoms with Crippen molar-refractivity contribution in [1.82, 2.24) is 15.5 Å². The number of ether oxygens (including phenoxy) is 2. The average Bonchev–Trinajstić information content (AvgIpc) is 3.71. The zero-order valence-corrected chi connectivity index (χ0v) is 25.5. The van der Waals surface area contributed by atoms with Gasteiger partial charge in [-0.05, 0) is 72.4 Å². The molecule has 2 aromatic carbocycles. The second kappa shape index (κ2) is 13.3. The fourth-order valence-corrected chi connectivity index (χ4v) is 4.45. The van der Waals surface area contributed by atoms with Crippen molar-refractivity contribution in [3.8, 4) is 5.75 Å². The lowest BCUT2D eigenvalue weighted by molar-refractivity contribution is -0.159. The predicted octanol–water partition coefficient (Wildman–Crippen LogP) is 4.33. The SMILES string of the molecule is Cc1cccc(C(C(=O)NC(Cc2ccccc2)C(=O)OC(C)(C)C)N(C(=O)CNC(=O)OC(C)(C)C)C2CC2)c1O. The Morgan fingerprint density at radius 1 is 0.929 bits per heavy atom. The first kappa shape index (κ1) is 32.4. The van der Waals surface area contributed by atoms with Gasteiger partial charge in [0.25, 0.3) is 0 Å². The molecule has 3 amide bonds. The number of aryl methyl sites for hydroxylation is 1. The topological polar surface area (TPSA) is 134 Å². The quantitative estimate of drug-likeness (QED) is 0.356. The first-order valence-electron chi connectivity index (χ1n) is 14.2. The number of hydrogen-bond donors (Lipinski definition) is 3. The van der Waals surface area contributed by atoms with Crippen LogP contribution in [0, 0.1) is 6.92 Å². The Morgan fingerprint density at radius 2 is 1.55 bits per heavy atom. The van der Waals surface area contributed by atoms with Crippen molar-refractivity contribution in [3.05, 3.63) is 65.2 Å². The van der Waals surface area contributed by atoms with Gasteiger partial charge in [0, 0.05) is 18.0 Å². The summed E-state index contributed by atoms with van der Waals surface area (Å²) >= 11 is 0. The normalized spacial score (nSPS) is 14.7. The lowest BCUT2D eigenvalue weighted by Gasteiger charge is -2.33. The Hall–Kier alpha value is -4.08. The van der Waals surface area contributed by atoms with Crippen LogP contribution in [-0.2, 0) is 30.3 Å². The largest absolute Gasteiger partial charge is 0.507 e. The number of hydrogen-bond acceptors (Lipinski definition) is 7. The van der Waals surface area contributed by atoms with Gasteiger partial charge in [-0.1, -0.05) is 48.5 Å². The molecule has 1 fully saturated rings. The number of benzene rings is 2. The molecule has 42 heavy (non-hydrogen) atoms. The van der Waals surface area contributed by atoms with Crippen LogP contribution in [-0.4, -0.2) is 63.7 Å². The van der Waals surface area contributed by atoms with Crippen LogP contribution in [0.2, 0.25) is 0 Å². The molecule has 0 saturated heterocycles. The highest BCUT2D eigenvalue weighted by Gasteiger charge is 2.43. The minimum Gasteiger partial charge on any atom is -0.507 e. The van der Waals surface area contributed by atoms with Crippen LogP contribution in [0.1, 0.15) is 77.1 Å². The first-order valence-corrected chi connectivity index (χ1v) is 14.2. The number of nitrogens with one attached hydrogen (secondary N) is 2. The number of phenolic OH excluding ortho intramolecular Hbond substituents is 1. The second-order valence-electron chi connectivity index (χ2n) is 12.6. The van der Waals surface area contributed by atoms with E-state index in [4.69, 9.17) is 9.47 Å². The zero-order chi connectivity index (χ0) is 31.2. The Kier molecular flexibility index (Phi) is 10.2. The molecule has 3 rings (SSSR count). The van der Waals surface area contributed by atoms with Crippen molar-refractivity contribution in [2.24, 2.45) is 0 Å². The molecule has 1 aliphatic carbocycles. The molecule has 0 aliphatic heterocycles. The molecule has 2 atom stereocenters. The van der Waals surface area contributed by atoms with Crippen LogP contribution in [0.5, 0.6) is 5.75 Å². The van der Waals surface area contributed by atoms with Gasteiger partial charge in [-0.3, -0.25) is 9.59 Å². The van der Waals surface area contributed by atoms with Crippen molar-refractivity contribution in [2.45, 2.75) is 97.1 Å². The number of rotatable bonds is 10. The summed E-state index contributed by atoms with van der Waals surface area (Å²) < 4.78 is 10.9. The summed E-state index contributed by atoms with van der Waals surface area (Å²) in [4.78, 5) is 54.7. The van der Waals surface area contributed by atoms with E-state index in [1.807, 2.05) is 30.3 Å². The molecule has 2 unspecified atom stereocenters. The lowest BCUT2D eigenvalue weighted by atomic mass is 9.98. The van der Waals surface area contributed by atoms with Crippen LogP contribution in [0.3, 0.4) is 0 Å². The Balaban J connectivity index is 1.96. The molecule has 1 aliphatic rings. The molecule has 2 aromatic rings. The van der Waals surface area contributed by atoms with E-state index in [0.717, 1.165) is 5.56 Å². The third kappa shape index (κ3) is 9.49. The monoisotopic (exact) mass is 581 g/mol. The summed E-state index contributed by atoms with van der Waals surface area (Å²) in [6, 6.07) is 11.5. The number of nitrogens with zero attached hydrogens (tertiary/aromatic N) is 1. The van der Waals surface area contributed by atoms with E-state index in [1.165, 1.54) is 4.90 Å². The molecule has 0 aromatic heterocycles. The van der Waals surface area contributed by atoms with Crippen LogP contribution in [0.15, 0.2) is 48.5 Å². The van der Waals surface area contributed by atoms with Crippen molar-refractivity contribution in [2.75, 3.05) is 6.54 Å². The van der Waals surface area contributed by atoms with Crippen molar-refractivity contribution < 1.29 is 33.8 Å². The molecule has 228 valence electrons. The molecule has 3 N–H and O–H groups in total. The van der Waals surface area contributed by atoms with Crippen LogP contribution < -0.4 is 10.6 Å². The maximum Gasteiger partial charge on any atom is 0.408 e. The number of amides is 3. The summed E-state index contributed by atoms with van der Waals surface area (Å²) in [7, 11) is 0. The minimum atomic E-state index is -1.27. The first-order chi connectivity index (χ1) is 19.6. The van der Waals surface area contributed by atoms with E-state index >= 15 is 0 Å². The summed E-state index contributed by atoms with van der Waals surface area (Å²) in [6.45, 7) is 11.6. The van der Waals surface area contributed by atoms with Gasteiger partial charge >= 0.3 is 12.1 Å². The third-order valence-electron chi connectivity index (χ3n) is 6.39. The van der Waals surface area contributed by atoms with E-state index in [2.05, 4.69) is 10.6 Å². The van der Waals surface area contributed by atoms with Gasteiger partial charge in [-0.15, -0.1) is 0 Å². The van der Waals surface area contributed by atoms with Gasteiger partial charge < -0.3 is 30.1 Å². The number of aromatic hydroxyl groups is 1. The summed E-state index contributed by atoms with van der Waals surface area (Å²) in [6.07, 6.45) is 0.687. The standard InChI is InChI=1S/C32H43N3O7/c1-20-12-11-15-23(27(20)37)26(35(22-16-17-22)25(36)19-33-30(40)42-32(5,6)7)28(38)34-24(29(39)41-31(2,3)4)18-21-13-9-8-10-14-21/h8-15,22,24,26,37H,16-19H2,1-7H3,(H,33,40)(H,34,38). The molecule has 0 spiro atoms. The molecule has 10 nitrogen and oxygen atoms in total. The fourth-order valence-electron chi connectivity index (χ4n) is 4.45. The van der Waals surface area contributed by atoms with Crippen LogP contribution >= 0.6 is 0 Å². The third-order valence-corrected chi connectivity index (χ3v) is 6.39. The van der Waals surface area contributed by atoms with Gasteiger partial charge in [0.2, 0.25) is 11.8 Å². The van der Waals surface area contributed by atoms with Gasteiger partial charge in [0.15, 0.2) is 0 Å². The van der Waals surface area contributed by atoms with Gasteiger partial charge in [-0.25, -0.2) is 9.59 Å². The van der Waals surface area contributed by atoms with Gasteiger partial charge in [0.05, 0.1) is 0 Å². The molecule has 0 radical (unpaired) electrons. The van der Waals surface area contributed by atoms with Crippen molar-refractivity contribution in [3.63, 3.8) is 0 Å². The highest BCUT2D eigenvalue weighted by atomic mass is 16.6. The number of alkyl carbamates (subject to hydrolysis) is 1. The number of phenols is 1. The maximum absolute atomic E-state index is 14.1. The fraction of sp³-hybridized carbons (Fsp3) is 0.500. The van der Waals surface area contributed by atoms with Crippen LogP contribution in [0.4, 0.5) is 4.79 Å². The number of para-hydroxylation sites is 1. The van der Waals surface area contributed by atoms with Gasteiger partial charge in [-0.2, -0.15) is 0 Å². The summed E-state index contributed by atoms with van der Waals surface area (Å²) in [5.41, 5.74) is -0.00987. The van der Waals surface area contributed by atoms with Crippen molar-refractivity contribution in [1.29, 1.82) is 0 Å². The Bertz CT molecular complexity index is 1280. The summed E-state index contributed by atoms with van der Waals surface area (Å²) in [5, 5.41) is 16.3. The second-order valence-corrected chi connectivity index (χ2v) is 12.6. The number of carbonyl (C=O) groups is 4. The van der Waals surface area contributed by atoms with Crippen LogP contribution in [0.25, 0.3) is 0 Å². The molecule has 10 heteroatoms. The smallest absolute Gasteiger partial charge is 0.408 e. The minimum absolute atomic E-state index is 0.131. The number of esters is 1. The van der Waals surface area contributed by atoms with E-state index in [0.29, 0.717) is 18.4 Å². The zero-order valence-electron chi connectivity index (χ0n) is 25.5. The molecular formula is C32H43N3O7. The van der Waals surface area contributed by atoms with E-state index in [1.54, 1.807) is 66.7 Å². The van der Waals surface area contributed by atoms with Gasteiger partial charge in [0.1, 0.15) is 35.6 Å².